The second kappa shape index (κ2) is 5.89. The molecule has 0 saturated heterocycles. The Kier molecular flexibility index (Phi) is 3.90. The Hall–Kier alpha value is -3.00. The van der Waals surface area contributed by atoms with E-state index in [4.69, 9.17) is 0 Å². The second-order valence-corrected chi connectivity index (χ2v) is 6.87. The van der Waals surface area contributed by atoms with Gasteiger partial charge in [-0.25, -0.2) is 8.42 Å². The Labute approximate surface area is 138 Å². The van der Waals surface area contributed by atoms with Crippen LogP contribution in [-0.2, 0) is 10.0 Å². The monoisotopic (exact) mass is 343 g/mol. The molecule has 0 atom stereocenters. The number of anilines is 1. The highest BCUT2D eigenvalue weighted by Gasteiger charge is 2.19. The van der Waals surface area contributed by atoms with E-state index in [1.54, 1.807) is 31.3 Å². The van der Waals surface area contributed by atoms with Crippen LogP contribution in [0.3, 0.4) is 0 Å². The van der Waals surface area contributed by atoms with E-state index in [2.05, 4.69) is 9.71 Å². The minimum Gasteiger partial charge on any atom is -0.279 e. The molecule has 8 heteroatoms. The third-order valence-electron chi connectivity index (χ3n) is 3.60. The number of hydrogen-bond acceptors (Lipinski definition) is 5. The van der Waals surface area contributed by atoms with Crippen LogP contribution < -0.4 is 4.72 Å². The van der Waals surface area contributed by atoms with Gasteiger partial charge in [-0.15, -0.1) is 0 Å². The molecular weight excluding hydrogens is 330 g/mol. The molecule has 0 radical (unpaired) electrons. The van der Waals surface area contributed by atoms with Crippen molar-refractivity contribution in [3.63, 3.8) is 0 Å². The zero-order chi connectivity index (χ0) is 17.3. The van der Waals surface area contributed by atoms with Crippen LogP contribution in [0.25, 0.3) is 10.8 Å². The number of rotatable bonds is 4. The van der Waals surface area contributed by atoms with E-state index in [0.29, 0.717) is 22.0 Å². The molecule has 3 rings (SSSR count). The topological polar surface area (TPSA) is 102 Å². The van der Waals surface area contributed by atoms with Crippen molar-refractivity contribution in [1.82, 2.24) is 4.98 Å². The molecule has 24 heavy (non-hydrogen) atoms. The third kappa shape index (κ3) is 2.91. The highest BCUT2D eigenvalue weighted by atomic mass is 32.2. The molecular formula is C16H13N3O4S. The Bertz CT molecular complexity index is 1040. The van der Waals surface area contributed by atoms with Crippen molar-refractivity contribution in [1.29, 1.82) is 0 Å². The average Bonchev–Trinajstić information content (AvgIpc) is 2.56. The van der Waals surface area contributed by atoms with Crippen molar-refractivity contribution in [2.75, 3.05) is 4.72 Å². The molecule has 0 spiro atoms. The molecule has 122 valence electrons. The average molecular weight is 343 g/mol. The quantitative estimate of drug-likeness (QED) is 0.578. The van der Waals surface area contributed by atoms with Crippen LogP contribution in [0.15, 0.2) is 59.8 Å². The number of benzene rings is 2. The lowest BCUT2D eigenvalue weighted by Gasteiger charge is -2.12. The molecule has 0 amide bonds. The molecule has 1 N–H and O–H groups in total. The zero-order valence-electron chi connectivity index (χ0n) is 12.6. The highest BCUT2D eigenvalue weighted by Crippen LogP contribution is 2.27. The fourth-order valence-electron chi connectivity index (χ4n) is 2.40. The van der Waals surface area contributed by atoms with Gasteiger partial charge in [0.2, 0.25) is 0 Å². The molecule has 0 aliphatic heterocycles. The van der Waals surface area contributed by atoms with Crippen LogP contribution in [0.5, 0.6) is 0 Å². The molecule has 0 unspecified atom stereocenters. The first-order valence-electron chi connectivity index (χ1n) is 6.99. The van der Waals surface area contributed by atoms with Gasteiger partial charge in [-0.3, -0.25) is 19.8 Å². The number of nitrogens with zero attached hydrogens (tertiary/aromatic N) is 2. The second-order valence-electron chi connectivity index (χ2n) is 5.21. The van der Waals surface area contributed by atoms with E-state index < -0.39 is 14.9 Å². The summed E-state index contributed by atoms with van der Waals surface area (Å²) in [6.07, 6.45) is 3.12. The first kappa shape index (κ1) is 15.9. The maximum atomic E-state index is 12.7. The van der Waals surface area contributed by atoms with Gasteiger partial charge in [0.15, 0.2) is 0 Å². The van der Waals surface area contributed by atoms with E-state index in [1.165, 1.54) is 30.5 Å². The summed E-state index contributed by atoms with van der Waals surface area (Å²) < 4.78 is 27.9. The summed E-state index contributed by atoms with van der Waals surface area (Å²) >= 11 is 0. The summed E-state index contributed by atoms with van der Waals surface area (Å²) in [6.45, 7) is 1.61. The number of nitro groups is 1. The van der Waals surface area contributed by atoms with Crippen LogP contribution in [0, 0.1) is 17.0 Å². The van der Waals surface area contributed by atoms with Gasteiger partial charge in [0, 0.05) is 35.3 Å². The lowest BCUT2D eigenvalue weighted by atomic mass is 10.2. The lowest BCUT2D eigenvalue weighted by molar-refractivity contribution is -0.384. The van der Waals surface area contributed by atoms with E-state index >= 15 is 0 Å². The highest BCUT2D eigenvalue weighted by molar-refractivity contribution is 7.93. The number of nitro benzene ring substituents is 1. The number of sulfonamides is 1. The first-order valence-corrected chi connectivity index (χ1v) is 8.47. The van der Waals surface area contributed by atoms with E-state index in [-0.39, 0.29) is 10.6 Å². The van der Waals surface area contributed by atoms with Gasteiger partial charge >= 0.3 is 0 Å². The Morgan fingerprint density at radius 2 is 1.96 bits per heavy atom. The SMILES string of the molecule is Cc1cc([N+](=O)[O-])ccc1NS(=O)(=O)c1cccc2cnccc12. The molecule has 2 aromatic carbocycles. The summed E-state index contributed by atoms with van der Waals surface area (Å²) in [7, 11) is -3.84. The number of pyridine rings is 1. The van der Waals surface area contributed by atoms with Crippen molar-refractivity contribution < 1.29 is 13.3 Å². The fourth-order valence-corrected chi connectivity index (χ4v) is 3.76. The van der Waals surface area contributed by atoms with Gasteiger partial charge in [0.05, 0.1) is 15.5 Å². The van der Waals surface area contributed by atoms with Gasteiger partial charge in [-0.2, -0.15) is 0 Å². The van der Waals surface area contributed by atoms with Crippen LogP contribution in [0.1, 0.15) is 5.56 Å². The maximum Gasteiger partial charge on any atom is 0.269 e. The molecule has 3 aromatic rings. The molecule has 1 heterocycles. The smallest absolute Gasteiger partial charge is 0.269 e. The maximum absolute atomic E-state index is 12.7. The van der Waals surface area contributed by atoms with Crippen molar-refractivity contribution >= 4 is 32.2 Å². The van der Waals surface area contributed by atoms with Gasteiger partial charge in [-0.1, -0.05) is 12.1 Å². The third-order valence-corrected chi connectivity index (χ3v) is 5.02. The van der Waals surface area contributed by atoms with Crippen molar-refractivity contribution in [3.8, 4) is 0 Å². The van der Waals surface area contributed by atoms with Gasteiger partial charge in [0.25, 0.3) is 15.7 Å². The number of nitrogens with one attached hydrogen (secondary N) is 1. The number of aromatic nitrogens is 1. The summed E-state index contributed by atoms with van der Waals surface area (Å²) in [6, 6.07) is 10.5. The Morgan fingerprint density at radius 1 is 1.17 bits per heavy atom. The predicted octanol–water partition coefficient (Wildman–Crippen LogP) is 3.25. The standard InChI is InChI=1S/C16H13N3O4S/c1-11-9-13(19(20)21)5-6-15(11)18-24(22,23)16-4-2-3-12-10-17-8-7-14(12)16/h2-10,18H,1H3. The minimum absolute atomic E-state index is 0.0910. The van der Waals surface area contributed by atoms with E-state index in [1.807, 2.05) is 0 Å². The molecule has 7 nitrogen and oxygen atoms in total. The summed E-state index contributed by atoms with van der Waals surface area (Å²) in [5, 5.41) is 12.0. The Balaban J connectivity index is 2.04. The van der Waals surface area contributed by atoms with Gasteiger partial charge in [-0.05, 0) is 30.7 Å². The van der Waals surface area contributed by atoms with Crippen molar-refractivity contribution in [2.24, 2.45) is 0 Å². The Morgan fingerprint density at radius 3 is 2.67 bits per heavy atom. The number of aryl methyl sites for hydroxylation is 1. The largest absolute Gasteiger partial charge is 0.279 e. The molecule has 0 aliphatic rings. The van der Waals surface area contributed by atoms with Gasteiger partial charge in [0.1, 0.15) is 0 Å². The lowest BCUT2D eigenvalue weighted by Crippen LogP contribution is -2.14. The normalized spacial score (nSPS) is 11.4. The zero-order valence-corrected chi connectivity index (χ0v) is 13.4. The molecule has 0 aliphatic carbocycles. The minimum atomic E-state index is -3.84. The molecule has 1 aromatic heterocycles. The van der Waals surface area contributed by atoms with Crippen molar-refractivity contribution in [3.05, 3.63) is 70.5 Å². The predicted molar refractivity (Wildman–Crippen MR) is 90.4 cm³/mol. The fraction of sp³-hybridized carbons (Fsp3) is 0.0625. The van der Waals surface area contributed by atoms with Gasteiger partial charge < -0.3 is 0 Å². The van der Waals surface area contributed by atoms with E-state index in [0.717, 1.165) is 0 Å². The number of hydrogen-bond donors (Lipinski definition) is 1. The summed E-state index contributed by atoms with van der Waals surface area (Å²) in [4.78, 5) is 14.4. The van der Waals surface area contributed by atoms with Crippen LogP contribution in [0.2, 0.25) is 0 Å². The summed E-state index contributed by atoms with van der Waals surface area (Å²) in [5.41, 5.74) is 0.674. The number of non-ortho nitro benzene ring substituents is 1. The summed E-state index contributed by atoms with van der Waals surface area (Å²) in [5.74, 6) is 0. The van der Waals surface area contributed by atoms with Crippen LogP contribution >= 0.6 is 0 Å². The first-order chi connectivity index (χ1) is 11.4. The molecule has 0 fully saturated rings. The molecule has 0 saturated carbocycles. The molecule has 0 bridgehead atoms. The van der Waals surface area contributed by atoms with Crippen LogP contribution in [0.4, 0.5) is 11.4 Å². The van der Waals surface area contributed by atoms with Crippen molar-refractivity contribution in [2.45, 2.75) is 11.8 Å². The van der Waals surface area contributed by atoms with E-state index in [9.17, 15) is 18.5 Å². The number of fused-ring (bicyclic) bond motifs is 1. The van der Waals surface area contributed by atoms with Crippen LogP contribution in [-0.4, -0.2) is 18.3 Å².